The second kappa shape index (κ2) is 5.83. The van der Waals surface area contributed by atoms with E-state index < -0.39 is 10.0 Å². The molecule has 1 N–H and O–H groups in total. The van der Waals surface area contributed by atoms with Crippen LogP contribution in [-0.4, -0.2) is 44.1 Å². The van der Waals surface area contributed by atoms with Crippen molar-refractivity contribution in [1.29, 1.82) is 0 Å². The Labute approximate surface area is 120 Å². The van der Waals surface area contributed by atoms with Crippen molar-refractivity contribution >= 4 is 10.0 Å². The van der Waals surface area contributed by atoms with Gasteiger partial charge < -0.3 is 9.84 Å². The number of aryl methyl sites for hydroxylation is 2. The lowest BCUT2D eigenvalue weighted by atomic mass is 9.91. The highest BCUT2D eigenvalue weighted by molar-refractivity contribution is 7.89. The van der Waals surface area contributed by atoms with E-state index in [9.17, 15) is 8.42 Å². The van der Waals surface area contributed by atoms with Gasteiger partial charge >= 0.3 is 0 Å². The Hall–Kier alpha value is -0.920. The van der Waals surface area contributed by atoms with Crippen molar-refractivity contribution in [2.24, 2.45) is 0 Å². The van der Waals surface area contributed by atoms with Crippen molar-refractivity contribution in [1.82, 2.24) is 14.8 Å². The highest BCUT2D eigenvalue weighted by Gasteiger charge is 2.34. The van der Waals surface area contributed by atoms with Gasteiger partial charge in [0.2, 0.25) is 10.0 Å². The maximum Gasteiger partial charge on any atom is 0.248 e. The van der Waals surface area contributed by atoms with Crippen LogP contribution in [0.4, 0.5) is 0 Å². The van der Waals surface area contributed by atoms with E-state index >= 15 is 0 Å². The molecule has 1 aliphatic rings. The number of rotatable bonds is 4. The van der Waals surface area contributed by atoms with Gasteiger partial charge in [-0.3, -0.25) is 0 Å². The van der Waals surface area contributed by atoms with Gasteiger partial charge in [0.15, 0.2) is 5.76 Å². The number of nitrogens with zero attached hydrogens (tertiary/aromatic N) is 2. The van der Waals surface area contributed by atoms with Gasteiger partial charge in [-0.05, 0) is 46.6 Å². The third kappa shape index (κ3) is 2.75. The molecular formula is C13H23N3O3S. The summed E-state index contributed by atoms with van der Waals surface area (Å²) in [7, 11) is 0.0879. The molecular weight excluding hydrogens is 278 g/mol. The Balaban J connectivity index is 2.18. The fraction of sp³-hybridized carbons (Fsp3) is 0.769. The average molecular weight is 301 g/mol. The first kappa shape index (κ1) is 15.5. The van der Waals surface area contributed by atoms with Crippen LogP contribution in [0, 0.1) is 13.8 Å². The fourth-order valence-electron chi connectivity index (χ4n) is 2.91. The summed E-state index contributed by atoms with van der Waals surface area (Å²) < 4.78 is 31.9. The van der Waals surface area contributed by atoms with Crippen molar-refractivity contribution < 1.29 is 12.9 Å². The van der Waals surface area contributed by atoms with Gasteiger partial charge in [0.05, 0.1) is 0 Å². The zero-order valence-corrected chi connectivity index (χ0v) is 13.3. The number of hydrogen-bond acceptors (Lipinski definition) is 5. The highest BCUT2D eigenvalue weighted by atomic mass is 32.2. The average Bonchev–Trinajstić information content (AvgIpc) is 2.78. The van der Waals surface area contributed by atoms with Crippen molar-refractivity contribution in [2.75, 3.05) is 14.1 Å². The molecule has 7 heteroatoms. The van der Waals surface area contributed by atoms with E-state index in [-0.39, 0.29) is 10.9 Å². The molecule has 1 aromatic rings. The summed E-state index contributed by atoms with van der Waals surface area (Å²) in [5.74, 6) is 0.360. The van der Waals surface area contributed by atoms with E-state index in [0.717, 1.165) is 25.7 Å². The van der Waals surface area contributed by atoms with E-state index in [1.165, 1.54) is 4.31 Å². The zero-order chi connectivity index (χ0) is 14.9. The molecule has 0 aliphatic heterocycles. The van der Waals surface area contributed by atoms with Crippen molar-refractivity contribution in [2.45, 2.75) is 56.5 Å². The molecule has 0 saturated heterocycles. The summed E-state index contributed by atoms with van der Waals surface area (Å²) in [6, 6.07) is 0.555. The number of hydrogen-bond donors (Lipinski definition) is 1. The molecule has 0 bridgehead atoms. The monoisotopic (exact) mass is 301 g/mol. The standard InChI is InChI=1S/C13H23N3O3S/c1-9-13(10(2)19-15-9)20(17,18)16(4)12-7-5-11(14-3)6-8-12/h11-12,14H,5-8H2,1-4H3. The first-order valence-corrected chi connectivity index (χ1v) is 8.40. The second-order valence-corrected chi connectivity index (χ2v) is 7.40. The van der Waals surface area contributed by atoms with Crippen LogP contribution in [0.1, 0.15) is 37.1 Å². The third-order valence-corrected chi connectivity index (χ3v) is 6.38. The molecule has 1 heterocycles. The number of nitrogens with one attached hydrogen (secondary N) is 1. The molecule has 1 saturated carbocycles. The first-order valence-electron chi connectivity index (χ1n) is 6.96. The summed E-state index contributed by atoms with van der Waals surface area (Å²) in [4.78, 5) is 0.218. The minimum atomic E-state index is -3.52. The molecule has 0 unspecified atom stereocenters. The van der Waals surface area contributed by atoms with Crippen LogP contribution in [-0.2, 0) is 10.0 Å². The molecule has 1 aromatic heterocycles. The van der Waals surface area contributed by atoms with E-state index in [0.29, 0.717) is 17.5 Å². The van der Waals surface area contributed by atoms with Crippen LogP contribution in [0.2, 0.25) is 0 Å². The van der Waals surface area contributed by atoms with Gasteiger partial charge in [-0.25, -0.2) is 8.42 Å². The van der Waals surface area contributed by atoms with Crippen molar-refractivity contribution in [3.8, 4) is 0 Å². The molecule has 6 nitrogen and oxygen atoms in total. The van der Waals surface area contributed by atoms with Gasteiger partial charge in [0.1, 0.15) is 10.6 Å². The molecule has 20 heavy (non-hydrogen) atoms. The van der Waals surface area contributed by atoms with Gasteiger partial charge in [-0.2, -0.15) is 4.31 Å². The van der Waals surface area contributed by atoms with Crippen molar-refractivity contribution in [3.05, 3.63) is 11.5 Å². The SMILES string of the molecule is CNC1CCC(N(C)S(=O)(=O)c2c(C)noc2C)CC1. The van der Waals surface area contributed by atoms with Crippen LogP contribution in [0.3, 0.4) is 0 Å². The molecule has 114 valence electrons. The maximum atomic E-state index is 12.7. The Kier molecular flexibility index (Phi) is 4.51. The highest BCUT2D eigenvalue weighted by Crippen LogP contribution is 2.29. The predicted octanol–water partition coefficient (Wildman–Crippen LogP) is 1.44. The Morgan fingerprint density at radius 3 is 2.30 bits per heavy atom. The van der Waals surface area contributed by atoms with E-state index in [1.54, 1.807) is 20.9 Å². The minimum absolute atomic E-state index is 0.0540. The smallest absolute Gasteiger partial charge is 0.248 e. The summed E-state index contributed by atoms with van der Waals surface area (Å²) in [5, 5.41) is 7.00. The fourth-order valence-corrected chi connectivity index (χ4v) is 4.61. The summed E-state index contributed by atoms with van der Waals surface area (Å²) in [6.45, 7) is 3.30. The molecule has 0 spiro atoms. The number of aromatic nitrogens is 1. The number of sulfonamides is 1. The summed E-state index contributed by atoms with van der Waals surface area (Å²) >= 11 is 0. The van der Waals surface area contributed by atoms with Gasteiger partial charge in [-0.15, -0.1) is 0 Å². The van der Waals surface area contributed by atoms with Gasteiger partial charge in [0.25, 0.3) is 0 Å². The van der Waals surface area contributed by atoms with Crippen LogP contribution in [0.15, 0.2) is 9.42 Å². The van der Waals surface area contributed by atoms with Crippen LogP contribution in [0.5, 0.6) is 0 Å². The largest absolute Gasteiger partial charge is 0.360 e. The van der Waals surface area contributed by atoms with Crippen LogP contribution < -0.4 is 5.32 Å². The summed E-state index contributed by atoms with van der Waals surface area (Å²) in [6.07, 6.45) is 3.76. The Bertz CT molecular complexity index is 540. The Morgan fingerprint density at radius 1 is 1.25 bits per heavy atom. The predicted molar refractivity (Wildman–Crippen MR) is 76.0 cm³/mol. The van der Waals surface area contributed by atoms with E-state index in [4.69, 9.17) is 4.52 Å². The zero-order valence-electron chi connectivity index (χ0n) is 12.5. The van der Waals surface area contributed by atoms with Gasteiger partial charge in [-0.1, -0.05) is 5.16 Å². The molecule has 0 amide bonds. The third-order valence-electron chi connectivity index (χ3n) is 4.22. The topological polar surface area (TPSA) is 75.4 Å². The lowest BCUT2D eigenvalue weighted by molar-refractivity contribution is 0.254. The van der Waals surface area contributed by atoms with Crippen LogP contribution in [0.25, 0.3) is 0 Å². The summed E-state index contributed by atoms with van der Waals surface area (Å²) in [5.41, 5.74) is 0.429. The Morgan fingerprint density at radius 2 is 1.85 bits per heavy atom. The molecule has 0 radical (unpaired) electrons. The normalized spacial score (nSPS) is 24.2. The maximum absolute atomic E-state index is 12.7. The molecule has 0 atom stereocenters. The van der Waals surface area contributed by atoms with Crippen LogP contribution >= 0.6 is 0 Å². The first-order chi connectivity index (χ1) is 9.37. The molecule has 1 aliphatic carbocycles. The van der Waals surface area contributed by atoms with Gasteiger partial charge in [0, 0.05) is 19.1 Å². The van der Waals surface area contributed by atoms with E-state index in [2.05, 4.69) is 10.5 Å². The van der Waals surface area contributed by atoms with E-state index in [1.807, 2.05) is 7.05 Å². The molecule has 2 rings (SSSR count). The second-order valence-electron chi connectivity index (χ2n) is 5.47. The minimum Gasteiger partial charge on any atom is -0.360 e. The lowest BCUT2D eigenvalue weighted by Crippen LogP contribution is -2.42. The lowest BCUT2D eigenvalue weighted by Gasteiger charge is -2.33. The van der Waals surface area contributed by atoms with Crippen molar-refractivity contribution in [3.63, 3.8) is 0 Å². The molecule has 0 aromatic carbocycles. The quantitative estimate of drug-likeness (QED) is 0.911. The molecule has 1 fully saturated rings.